The number of imide groups is 1. The number of amides is 3. The lowest BCUT2D eigenvalue weighted by Gasteiger charge is -2.02. The number of hydrogen-bond donors (Lipinski definition) is 1. The van der Waals surface area contributed by atoms with Gasteiger partial charge in [-0.25, -0.2) is 9.80 Å². The lowest BCUT2D eigenvalue weighted by Crippen LogP contribution is -2.24. The molecule has 1 saturated heterocycles. The van der Waals surface area contributed by atoms with Crippen LogP contribution in [0.5, 0.6) is 0 Å². The van der Waals surface area contributed by atoms with Gasteiger partial charge in [0.2, 0.25) is 5.91 Å². The predicted molar refractivity (Wildman–Crippen MR) is 79.7 cm³/mol. The lowest BCUT2D eigenvalue weighted by atomic mass is 10.2. The standard InChI is InChI=1S/C14H10BrN3O3/c15-10-3-1-9(2-4-10)12-6-5-11(21-12)7-16-18-8-13(19)17-14(18)20/h1-7H,8H2,(H,17,19,20). The summed E-state index contributed by atoms with van der Waals surface area (Å²) in [7, 11) is 0. The van der Waals surface area contributed by atoms with E-state index in [2.05, 4.69) is 26.3 Å². The minimum Gasteiger partial charge on any atom is -0.455 e. The van der Waals surface area contributed by atoms with Crippen LogP contribution in [-0.4, -0.2) is 29.7 Å². The molecule has 1 aliphatic heterocycles. The van der Waals surface area contributed by atoms with E-state index < -0.39 is 6.03 Å². The van der Waals surface area contributed by atoms with Gasteiger partial charge in [-0.1, -0.05) is 28.1 Å². The summed E-state index contributed by atoms with van der Waals surface area (Å²) in [6, 6.07) is 10.7. The van der Waals surface area contributed by atoms with Crippen LogP contribution in [0, 0.1) is 0 Å². The van der Waals surface area contributed by atoms with E-state index in [1.807, 2.05) is 30.3 Å². The molecule has 3 rings (SSSR count). The topological polar surface area (TPSA) is 74.9 Å². The molecular formula is C14H10BrN3O3. The largest absolute Gasteiger partial charge is 0.455 e. The van der Waals surface area contributed by atoms with Crippen LogP contribution in [0.4, 0.5) is 4.79 Å². The first-order valence-corrected chi connectivity index (χ1v) is 6.92. The summed E-state index contributed by atoms with van der Waals surface area (Å²) in [4.78, 5) is 22.3. The van der Waals surface area contributed by atoms with Crippen molar-refractivity contribution >= 4 is 34.1 Å². The van der Waals surface area contributed by atoms with Crippen LogP contribution in [0.25, 0.3) is 11.3 Å². The highest BCUT2D eigenvalue weighted by Gasteiger charge is 2.25. The van der Waals surface area contributed by atoms with Crippen molar-refractivity contribution in [1.82, 2.24) is 10.3 Å². The maximum absolute atomic E-state index is 11.3. The van der Waals surface area contributed by atoms with Crippen LogP contribution in [0.2, 0.25) is 0 Å². The van der Waals surface area contributed by atoms with Gasteiger partial charge in [-0.05, 0) is 24.3 Å². The van der Waals surface area contributed by atoms with Crippen LogP contribution in [0.1, 0.15) is 5.76 Å². The number of nitrogens with one attached hydrogen (secondary N) is 1. The minimum atomic E-state index is -0.532. The number of halogens is 1. The fourth-order valence-electron chi connectivity index (χ4n) is 1.84. The molecule has 0 saturated carbocycles. The highest BCUT2D eigenvalue weighted by Crippen LogP contribution is 2.23. The molecule has 2 aromatic rings. The summed E-state index contributed by atoms with van der Waals surface area (Å²) in [6.45, 7) is -0.0738. The van der Waals surface area contributed by atoms with Crippen molar-refractivity contribution in [1.29, 1.82) is 0 Å². The molecule has 7 heteroatoms. The molecule has 6 nitrogen and oxygen atoms in total. The Balaban J connectivity index is 1.75. The molecule has 1 aliphatic rings. The first-order valence-electron chi connectivity index (χ1n) is 6.13. The van der Waals surface area contributed by atoms with Crippen LogP contribution in [0.15, 0.2) is 50.4 Å². The number of hydrazone groups is 1. The van der Waals surface area contributed by atoms with E-state index in [0.29, 0.717) is 11.5 Å². The predicted octanol–water partition coefficient (Wildman–Crippen LogP) is 2.59. The fraction of sp³-hybridized carbons (Fsp3) is 0.0714. The second-order valence-electron chi connectivity index (χ2n) is 4.36. The molecule has 1 aromatic heterocycles. The maximum atomic E-state index is 11.3. The first kappa shape index (κ1) is 13.6. The zero-order valence-electron chi connectivity index (χ0n) is 10.7. The van der Waals surface area contributed by atoms with Crippen molar-refractivity contribution in [2.24, 2.45) is 5.10 Å². The molecular weight excluding hydrogens is 338 g/mol. The van der Waals surface area contributed by atoms with Crippen molar-refractivity contribution in [2.75, 3.05) is 6.54 Å². The number of hydrogen-bond acceptors (Lipinski definition) is 4. The minimum absolute atomic E-state index is 0.0738. The van der Waals surface area contributed by atoms with E-state index in [9.17, 15) is 9.59 Å². The molecule has 3 amide bonds. The van der Waals surface area contributed by atoms with E-state index in [4.69, 9.17) is 4.42 Å². The summed E-state index contributed by atoms with van der Waals surface area (Å²) in [5.74, 6) is 0.832. The Kier molecular flexibility index (Phi) is 3.57. The molecule has 0 aliphatic carbocycles. The number of benzene rings is 1. The molecule has 0 unspecified atom stereocenters. The first-order chi connectivity index (χ1) is 10.1. The van der Waals surface area contributed by atoms with Gasteiger partial charge in [0.15, 0.2) is 0 Å². The number of carbonyl (C=O) groups excluding carboxylic acids is 2. The number of carbonyl (C=O) groups is 2. The summed E-state index contributed by atoms with van der Waals surface area (Å²) in [5, 5.41) is 7.10. The van der Waals surface area contributed by atoms with Crippen molar-refractivity contribution in [3.05, 3.63) is 46.6 Å². The molecule has 2 heterocycles. The molecule has 106 valence electrons. The number of urea groups is 1. The van der Waals surface area contributed by atoms with Crippen molar-refractivity contribution in [2.45, 2.75) is 0 Å². The van der Waals surface area contributed by atoms with Gasteiger partial charge in [-0.3, -0.25) is 10.1 Å². The SMILES string of the molecule is O=C1CN(N=Cc2ccc(-c3ccc(Br)cc3)o2)C(=O)N1. The Bertz CT molecular complexity index is 721. The van der Waals surface area contributed by atoms with E-state index in [1.165, 1.54) is 6.21 Å². The van der Waals surface area contributed by atoms with E-state index >= 15 is 0 Å². The highest BCUT2D eigenvalue weighted by molar-refractivity contribution is 9.10. The molecule has 1 N–H and O–H groups in total. The summed E-state index contributed by atoms with van der Waals surface area (Å²) < 4.78 is 6.61. The average Bonchev–Trinajstić information content (AvgIpc) is 3.04. The normalized spacial score (nSPS) is 15.0. The zero-order valence-corrected chi connectivity index (χ0v) is 12.3. The maximum Gasteiger partial charge on any atom is 0.344 e. The molecule has 21 heavy (non-hydrogen) atoms. The van der Waals surface area contributed by atoms with Crippen molar-refractivity contribution < 1.29 is 14.0 Å². The van der Waals surface area contributed by atoms with Gasteiger partial charge in [0, 0.05) is 10.0 Å². The monoisotopic (exact) mass is 347 g/mol. The van der Waals surface area contributed by atoms with Gasteiger partial charge in [0.05, 0.1) is 6.21 Å². The third kappa shape index (κ3) is 3.03. The second kappa shape index (κ2) is 5.53. The van der Waals surface area contributed by atoms with Gasteiger partial charge in [0.25, 0.3) is 0 Å². The van der Waals surface area contributed by atoms with E-state index in [0.717, 1.165) is 15.0 Å². The van der Waals surface area contributed by atoms with E-state index in [-0.39, 0.29) is 12.5 Å². The molecule has 0 spiro atoms. The Morgan fingerprint density at radius 3 is 2.62 bits per heavy atom. The summed E-state index contributed by atoms with van der Waals surface area (Å²) >= 11 is 3.37. The molecule has 0 atom stereocenters. The number of rotatable bonds is 3. The molecule has 0 radical (unpaired) electrons. The third-order valence-electron chi connectivity index (χ3n) is 2.85. The smallest absolute Gasteiger partial charge is 0.344 e. The molecule has 1 fully saturated rings. The fourth-order valence-corrected chi connectivity index (χ4v) is 2.11. The Labute approximate surface area is 128 Å². The quantitative estimate of drug-likeness (QED) is 0.684. The molecule has 0 bridgehead atoms. The van der Waals surface area contributed by atoms with Gasteiger partial charge >= 0.3 is 6.03 Å². The Morgan fingerprint density at radius 2 is 1.95 bits per heavy atom. The van der Waals surface area contributed by atoms with Crippen LogP contribution in [-0.2, 0) is 4.79 Å². The summed E-state index contributed by atoms with van der Waals surface area (Å²) in [5.41, 5.74) is 0.937. The van der Waals surface area contributed by atoms with E-state index in [1.54, 1.807) is 6.07 Å². The highest BCUT2D eigenvalue weighted by atomic mass is 79.9. The van der Waals surface area contributed by atoms with Gasteiger partial charge < -0.3 is 4.42 Å². The Morgan fingerprint density at radius 1 is 1.19 bits per heavy atom. The summed E-state index contributed by atoms with van der Waals surface area (Å²) in [6.07, 6.45) is 1.40. The number of nitrogens with zero attached hydrogens (tertiary/aromatic N) is 2. The average molecular weight is 348 g/mol. The third-order valence-corrected chi connectivity index (χ3v) is 3.38. The van der Waals surface area contributed by atoms with Gasteiger partial charge in [-0.15, -0.1) is 0 Å². The van der Waals surface area contributed by atoms with Gasteiger partial charge in [-0.2, -0.15) is 5.10 Å². The zero-order chi connectivity index (χ0) is 14.8. The second-order valence-corrected chi connectivity index (χ2v) is 5.28. The van der Waals surface area contributed by atoms with Crippen LogP contribution < -0.4 is 5.32 Å². The van der Waals surface area contributed by atoms with Crippen molar-refractivity contribution in [3.63, 3.8) is 0 Å². The lowest BCUT2D eigenvalue weighted by molar-refractivity contribution is -0.118. The van der Waals surface area contributed by atoms with Crippen LogP contribution >= 0.6 is 15.9 Å². The number of furan rings is 1. The Hall–Kier alpha value is -2.41. The van der Waals surface area contributed by atoms with Crippen molar-refractivity contribution in [3.8, 4) is 11.3 Å². The van der Waals surface area contributed by atoms with Gasteiger partial charge in [0.1, 0.15) is 18.1 Å². The van der Waals surface area contributed by atoms with Crippen LogP contribution in [0.3, 0.4) is 0 Å². The molecule has 1 aromatic carbocycles.